The zero-order valence-corrected chi connectivity index (χ0v) is 37.8. The number of halogens is 2. The summed E-state index contributed by atoms with van der Waals surface area (Å²) in [4.78, 5) is 17.9. The Bertz CT molecular complexity index is 2190. The summed E-state index contributed by atoms with van der Waals surface area (Å²) in [6.45, 7) is 4.57. The molecule has 2 saturated carbocycles. The van der Waals surface area contributed by atoms with Crippen molar-refractivity contribution in [1.82, 2.24) is 19.9 Å². The lowest BCUT2D eigenvalue weighted by molar-refractivity contribution is 0.302. The van der Waals surface area contributed by atoms with Gasteiger partial charge < -0.3 is 0 Å². The van der Waals surface area contributed by atoms with Crippen molar-refractivity contribution in [1.29, 1.82) is 0 Å². The van der Waals surface area contributed by atoms with Gasteiger partial charge in [0.05, 0.1) is 0 Å². The molecule has 0 N–H and O–H groups in total. The van der Waals surface area contributed by atoms with Crippen molar-refractivity contribution in [3.63, 3.8) is 0 Å². The van der Waals surface area contributed by atoms with Crippen molar-refractivity contribution in [3.8, 4) is 45.0 Å². The minimum atomic E-state index is -0.249. The fourth-order valence-electron chi connectivity index (χ4n) is 9.81. The molecule has 2 fully saturated rings. The highest BCUT2D eigenvalue weighted by Crippen LogP contribution is 2.40. The molecule has 0 saturated heterocycles. The van der Waals surface area contributed by atoms with Gasteiger partial charge in [-0.15, -0.1) is 0 Å². The van der Waals surface area contributed by atoms with E-state index in [2.05, 4.69) is 82.3 Å². The van der Waals surface area contributed by atoms with Crippen molar-refractivity contribution in [2.75, 3.05) is 0 Å². The first-order valence-electron chi connectivity index (χ1n) is 24.3. The van der Waals surface area contributed by atoms with Gasteiger partial charge in [-0.1, -0.05) is 133 Å². The van der Waals surface area contributed by atoms with Gasteiger partial charge in [-0.05, 0) is 146 Å². The minimum absolute atomic E-state index is 0.249. The van der Waals surface area contributed by atoms with E-state index in [-0.39, 0.29) is 11.6 Å². The van der Waals surface area contributed by atoms with E-state index in [1.165, 1.54) is 157 Å². The Balaban J connectivity index is 0.000000189. The SMILES string of the molecule is CCCCCCC1CCC(c2ccc(-c3cnc(-c4ccc(F)cc4)nc3)cc2)CC1.CCCCCCCC1CCC(c2ccc(-c3cnc(-c4ccc(F)cc4)nc3)cc2)CC1. The van der Waals surface area contributed by atoms with Crippen LogP contribution in [0.15, 0.2) is 122 Å². The predicted molar refractivity (Wildman–Crippen MR) is 257 cm³/mol. The van der Waals surface area contributed by atoms with Gasteiger partial charge in [0.2, 0.25) is 0 Å². The van der Waals surface area contributed by atoms with Crippen LogP contribution in [0.4, 0.5) is 8.78 Å². The smallest absolute Gasteiger partial charge is 0.159 e. The van der Waals surface area contributed by atoms with E-state index in [1.807, 2.05) is 24.8 Å². The zero-order chi connectivity index (χ0) is 43.6. The molecule has 0 spiro atoms. The third-order valence-corrected chi connectivity index (χ3v) is 13.8. The average Bonchev–Trinajstić information content (AvgIpc) is 3.34. The maximum atomic E-state index is 13.1. The molecule has 0 radical (unpaired) electrons. The van der Waals surface area contributed by atoms with Gasteiger partial charge >= 0.3 is 0 Å². The molecule has 6 aromatic rings. The van der Waals surface area contributed by atoms with Crippen LogP contribution in [0.1, 0.15) is 159 Å². The molecule has 2 heterocycles. The Morgan fingerprint density at radius 2 is 0.683 bits per heavy atom. The predicted octanol–water partition coefficient (Wildman–Crippen LogP) is 16.8. The van der Waals surface area contributed by atoms with Gasteiger partial charge in [-0.25, -0.2) is 28.7 Å². The minimum Gasteiger partial charge on any atom is -0.236 e. The average molecular weight is 847 g/mol. The molecule has 0 amide bonds. The van der Waals surface area contributed by atoms with Crippen molar-refractivity contribution in [3.05, 3.63) is 145 Å². The Labute approximate surface area is 376 Å². The first-order chi connectivity index (χ1) is 30.9. The molecule has 6 heteroatoms. The standard InChI is InChI=1S/C29H35FN2.C28H33FN2/c1-2-3-4-5-6-7-22-8-10-23(11-9-22)24-12-14-25(15-13-24)27-20-31-29(32-21-27)26-16-18-28(30)19-17-26;1-2-3-4-5-6-21-7-9-22(10-8-21)23-11-13-24(14-12-23)26-19-30-28(31-20-26)25-15-17-27(29)18-16-25/h12-23H,2-11H2,1H3;11-22H,2-10H2,1H3. The zero-order valence-electron chi connectivity index (χ0n) is 37.8. The van der Waals surface area contributed by atoms with E-state index in [4.69, 9.17) is 0 Å². The van der Waals surface area contributed by atoms with Gasteiger partial charge in [-0.3, -0.25) is 0 Å². The van der Waals surface area contributed by atoms with E-state index >= 15 is 0 Å². The molecule has 4 aromatic carbocycles. The monoisotopic (exact) mass is 847 g/mol. The lowest BCUT2D eigenvalue weighted by Crippen LogP contribution is -2.13. The number of aromatic nitrogens is 4. The lowest BCUT2D eigenvalue weighted by atomic mass is 9.77. The Morgan fingerprint density at radius 3 is 1.03 bits per heavy atom. The van der Waals surface area contributed by atoms with Crippen molar-refractivity contribution in [2.45, 2.75) is 148 Å². The molecular weight excluding hydrogens is 779 g/mol. The second-order valence-corrected chi connectivity index (χ2v) is 18.3. The van der Waals surface area contributed by atoms with Gasteiger partial charge in [0.25, 0.3) is 0 Å². The van der Waals surface area contributed by atoms with E-state index < -0.39 is 0 Å². The highest BCUT2D eigenvalue weighted by molar-refractivity contribution is 5.65. The molecule has 0 unspecified atom stereocenters. The summed E-state index contributed by atoms with van der Waals surface area (Å²) < 4.78 is 26.2. The van der Waals surface area contributed by atoms with Crippen molar-refractivity contribution in [2.24, 2.45) is 11.8 Å². The molecule has 0 atom stereocenters. The summed E-state index contributed by atoms with van der Waals surface area (Å²) in [6, 6.07) is 30.5. The Hall–Kier alpha value is -5.10. The summed E-state index contributed by atoms with van der Waals surface area (Å²) in [7, 11) is 0. The second kappa shape index (κ2) is 24.1. The van der Waals surface area contributed by atoms with Crippen LogP contribution in [-0.4, -0.2) is 19.9 Å². The van der Waals surface area contributed by atoms with Gasteiger partial charge in [0.15, 0.2) is 11.6 Å². The van der Waals surface area contributed by atoms with E-state index in [0.29, 0.717) is 23.5 Å². The number of nitrogens with zero attached hydrogens (tertiary/aromatic N) is 4. The highest BCUT2D eigenvalue weighted by Gasteiger charge is 2.23. The molecule has 0 bridgehead atoms. The number of rotatable bonds is 17. The van der Waals surface area contributed by atoms with Crippen LogP contribution in [0, 0.1) is 23.5 Å². The molecule has 8 rings (SSSR count). The maximum absolute atomic E-state index is 13.1. The molecule has 2 aromatic heterocycles. The van der Waals surface area contributed by atoms with Gasteiger partial charge in [-0.2, -0.15) is 0 Å². The van der Waals surface area contributed by atoms with Crippen LogP contribution in [0.25, 0.3) is 45.0 Å². The molecule has 4 nitrogen and oxygen atoms in total. The molecule has 330 valence electrons. The van der Waals surface area contributed by atoms with Crippen LogP contribution in [-0.2, 0) is 0 Å². The quantitative estimate of drug-likeness (QED) is 0.0858. The van der Waals surface area contributed by atoms with E-state index in [0.717, 1.165) is 45.2 Å². The van der Waals surface area contributed by atoms with Crippen LogP contribution >= 0.6 is 0 Å². The molecular formula is C57H68F2N4. The Kier molecular flexibility index (Phi) is 17.6. The largest absolute Gasteiger partial charge is 0.236 e. The van der Waals surface area contributed by atoms with Crippen molar-refractivity contribution < 1.29 is 8.78 Å². The van der Waals surface area contributed by atoms with Crippen LogP contribution < -0.4 is 0 Å². The normalized spacial score (nSPS) is 18.7. The van der Waals surface area contributed by atoms with Crippen LogP contribution in [0.5, 0.6) is 0 Å². The highest BCUT2D eigenvalue weighted by atomic mass is 19.1. The van der Waals surface area contributed by atoms with Gasteiger partial charge in [0.1, 0.15) is 11.6 Å². The molecule has 0 aliphatic heterocycles. The first-order valence-corrected chi connectivity index (χ1v) is 24.3. The molecule has 2 aliphatic carbocycles. The number of hydrogen-bond acceptors (Lipinski definition) is 4. The maximum Gasteiger partial charge on any atom is 0.159 e. The lowest BCUT2D eigenvalue weighted by Gasteiger charge is -2.29. The number of hydrogen-bond donors (Lipinski definition) is 0. The second-order valence-electron chi connectivity index (χ2n) is 18.3. The Morgan fingerprint density at radius 1 is 0.365 bits per heavy atom. The third kappa shape index (κ3) is 13.7. The molecule has 2 aliphatic rings. The fourth-order valence-corrected chi connectivity index (χ4v) is 9.81. The summed E-state index contributed by atoms with van der Waals surface area (Å²) in [6.07, 6.45) is 33.7. The summed E-state index contributed by atoms with van der Waals surface area (Å²) in [5.74, 6) is 4.05. The fraction of sp³-hybridized carbons (Fsp3) is 0.439. The first kappa shape index (κ1) is 45.9. The summed E-state index contributed by atoms with van der Waals surface area (Å²) in [5.41, 5.74) is 8.88. The van der Waals surface area contributed by atoms with Gasteiger partial charge in [0, 0.05) is 47.0 Å². The topological polar surface area (TPSA) is 51.6 Å². The third-order valence-electron chi connectivity index (χ3n) is 13.8. The van der Waals surface area contributed by atoms with Crippen LogP contribution in [0.3, 0.4) is 0 Å². The number of unbranched alkanes of at least 4 members (excludes halogenated alkanes) is 7. The summed E-state index contributed by atoms with van der Waals surface area (Å²) >= 11 is 0. The van der Waals surface area contributed by atoms with E-state index in [1.54, 1.807) is 24.3 Å². The van der Waals surface area contributed by atoms with E-state index in [9.17, 15) is 8.78 Å². The van der Waals surface area contributed by atoms with Crippen LogP contribution in [0.2, 0.25) is 0 Å². The summed E-state index contributed by atoms with van der Waals surface area (Å²) in [5, 5.41) is 0. The number of benzene rings is 4. The molecule has 63 heavy (non-hydrogen) atoms. The van der Waals surface area contributed by atoms with Crippen molar-refractivity contribution >= 4 is 0 Å².